The summed E-state index contributed by atoms with van der Waals surface area (Å²) < 4.78 is 0. The second-order valence-electron chi connectivity index (χ2n) is 11.0. The van der Waals surface area contributed by atoms with Gasteiger partial charge in [0.05, 0.1) is 29.0 Å². The van der Waals surface area contributed by atoms with Crippen molar-refractivity contribution in [1.29, 1.82) is 5.26 Å². The lowest BCUT2D eigenvalue weighted by atomic mass is 9.96. The first-order valence-corrected chi connectivity index (χ1v) is 13.3. The van der Waals surface area contributed by atoms with E-state index >= 15 is 0 Å². The minimum absolute atomic E-state index is 0.239. The lowest BCUT2D eigenvalue weighted by Gasteiger charge is -2.43. The van der Waals surface area contributed by atoms with E-state index in [2.05, 4.69) is 38.0 Å². The Bertz CT molecular complexity index is 1420. The normalized spacial score (nSPS) is 22.1. The first-order chi connectivity index (χ1) is 17.6. The molecule has 7 nitrogen and oxygen atoms in total. The molecular formula is C29H30N6O. The van der Waals surface area contributed by atoms with Crippen molar-refractivity contribution in [1.82, 2.24) is 19.9 Å². The van der Waals surface area contributed by atoms with E-state index < -0.39 is 0 Å². The van der Waals surface area contributed by atoms with E-state index in [4.69, 9.17) is 4.98 Å². The van der Waals surface area contributed by atoms with Crippen LogP contribution in [0, 0.1) is 30.1 Å². The second kappa shape index (κ2) is 8.26. The zero-order valence-electron chi connectivity index (χ0n) is 20.7. The Morgan fingerprint density at radius 3 is 2.61 bits per heavy atom. The third-order valence-electron chi connectivity index (χ3n) is 8.24. The van der Waals surface area contributed by atoms with Crippen molar-refractivity contribution in [3.8, 4) is 17.2 Å². The smallest absolute Gasteiger partial charge is 0.226 e. The van der Waals surface area contributed by atoms with Gasteiger partial charge in [0.25, 0.3) is 0 Å². The number of amides is 1. The first-order valence-electron chi connectivity index (χ1n) is 13.3. The van der Waals surface area contributed by atoms with Gasteiger partial charge >= 0.3 is 0 Å². The number of pyridine rings is 3. The average Bonchev–Trinajstić information content (AvgIpc) is 3.76. The van der Waals surface area contributed by atoms with Gasteiger partial charge in [-0.1, -0.05) is 0 Å². The molecule has 7 heteroatoms. The zero-order chi connectivity index (χ0) is 24.4. The van der Waals surface area contributed by atoms with Crippen molar-refractivity contribution in [3.05, 3.63) is 47.5 Å². The molecule has 1 unspecified atom stereocenters. The Kier molecular flexibility index (Phi) is 4.99. The molecule has 0 spiro atoms. The van der Waals surface area contributed by atoms with Gasteiger partial charge in [-0.15, -0.1) is 0 Å². The molecule has 0 N–H and O–H groups in total. The van der Waals surface area contributed by atoms with Crippen molar-refractivity contribution >= 4 is 22.6 Å². The maximum Gasteiger partial charge on any atom is 0.226 e. The van der Waals surface area contributed by atoms with Crippen LogP contribution in [0.2, 0.25) is 0 Å². The van der Waals surface area contributed by atoms with Crippen LogP contribution in [0.4, 0.5) is 5.82 Å². The number of carbonyl (C=O) groups excluding carboxylic acids is 1. The number of carbonyl (C=O) groups is 1. The minimum Gasteiger partial charge on any atom is -0.352 e. The highest BCUT2D eigenvalue weighted by atomic mass is 16.2. The maximum atomic E-state index is 13.0. The third kappa shape index (κ3) is 3.80. The fourth-order valence-electron chi connectivity index (χ4n) is 5.88. The van der Waals surface area contributed by atoms with Crippen molar-refractivity contribution in [2.45, 2.75) is 57.4 Å². The van der Waals surface area contributed by atoms with Crippen LogP contribution in [-0.2, 0) is 4.79 Å². The van der Waals surface area contributed by atoms with E-state index in [0.29, 0.717) is 23.3 Å². The number of piperazine rings is 1. The average molecular weight is 479 g/mol. The number of aromatic nitrogens is 3. The van der Waals surface area contributed by atoms with Gasteiger partial charge in [0.2, 0.25) is 5.91 Å². The molecule has 4 aliphatic rings. The van der Waals surface area contributed by atoms with Gasteiger partial charge in [-0.25, -0.2) is 4.98 Å². The molecule has 0 aromatic carbocycles. The van der Waals surface area contributed by atoms with E-state index in [1.165, 1.54) is 12.8 Å². The van der Waals surface area contributed by atoms with E-state index in [0.717, 1.165) is 84.6 Å². The van der Waals surface area contributed by atoms with Gasteiger partial charge < -0.3 is 9.80 Å². The highest BCUT2D eigenvalue weighted by Crippen LogP contribution is 2.47. The summed E-state index contributed by atoms with van der Waals surface area (Å²) in [5.41, 5.74) is 5.61. The summed E-state index contributed by atoms with van der Waals surface area (Å²) in [7, 11) is 0. The van der Waals surface area contributed by atoms with Crippen LogP contribution >= 0.6 is 0 Å². The van der Waals surface area contributed by atoms with Crippen molar-refractivity contribution in [2.75, 3.05) is 24.5 Å². The van der Waals surface area contributed by atoms with Crippen LogP contribution in [0.25, 0.3) is 22.0 Å². The second-order valence-corrected chi connectivity index (χ2v) is 11.0. The highest BCUT2D eigenvalue weighted by Gasteiger charge is 2.45. The Balaban J connectivity index is 1.29. The molecule has 7 rings (SSSR count). The fourth-order valence-corrected chi connectivity index (χ4v) is 5.88. The Morgan fingerprint density at radius 1 is 1.06 bits per heavy atom. The lowest BCUT2D eigenvalue weighted by molar-refractivity contribution is -0.135. The van der Waals surface area contributed by atoms with E-state index in [-0.39, 0.29) is 12.0 Å². The molecule has 0 radical (unpaired) electrons. The summed E-state index contributed by atoms with van der Waals surface area (Å²) in [4.78, 5) is 31.6. The van der Waals surface area contributed by atoms with Crippen LogP contribution in [0.15, 0.2) is 30.6 Å². The van der Waals surface area contributed by atoms with E-state index in [9.17, 15) is 10.1 Å². The van der Waals surface area contributed by atoms with Gasteiger partial charge in [-0.2, -0.15) is 5.26 Å². The van der Waals surface area contributed by atoms with Crippen molar-refractivity contribution in [2.24, 2.45) is 11.8 Å². The molecule has 182 valence electrons. The first kappa shape index (κ1) is 21.7. The quantitative estimate of drug-likeness (QED) is 0.533. The molecule has 3 aromatic rings. The number of fused-ring (bicyclic) bond motifs is 1. The third-order valence-corrected chi connectivity index (χ3v) is 8.24. The van der Waals surface area contributed by atoms with Gasteiger partial charge in [0, 0.05) is 54.3 Å². The molecule has 1 atom stereocenters. The summed E-state index contributed by atoms with van der Waals surface area (Å²) in [6, 6.07) is 8.87. The number of rotatable bonds is 5. The van der Waals surface area contributed by atoms with Crippen molar-refractivity contribution in [3.63, 3.8) is 0 Å². The standard InChI is InChI=1S/C29H30N6O/c1-17-12-23(22-8-9-31-15-25(22)32-17)24-13-21(14-30)28(33-27(24)19-4-5-19)34-10-11-35(29(36)20-6-7-20)26(16-34)18-2-3-18/h8-9,12-13,15,18-20,26H,2-7,10-11,16H2,1H3. The van der Waals surface area contributed by atoms with E-state index in [1.807, 2.05) is 13.0 Å². The molecule has 1 saturated heterocycles. The van der Waals surface area contributed by atoms with Crippen LogP contribution in [0.5, 0.6) is 0 Å². The molecule has 0 bridgehead atoms. The van der Waals surface area contributed by atoms with Crippen molar-refractivity contribution < 1.29 is 4.79 Å². The molecule has 4 heterocycles. The fraction of sp³-hybridized carbons (Fsp3) is 0.483. The monoisotopic (exact) mass is 478 g/mol. The number of hydrogen-bond acceptors (Lipinski definition) is 6. The van der Waals surface area contributed by atoms with Gasteiger partial charge in [0.1, 0.15) is 11.9 Å². The van der Waals surface area contributed by atoms with Gasteiger partial charge in [0.15, 0.2) is 0 Å². The van der Waals surface area contributed by atoms with Gasteiger partial charge in [-0.3, -0.25) is 14.8 Å². The van der Waals surface area contributed by atoms with Gasteiger partial charge in [-0.05, 0) is 75.1 Å². The molecule has 36 heavy (non-hydrogen) atoms. The molecule has 1 aliphatic heterocycles. The predicted octanol–water partition coefficient (Wildman–Crippen LogP) is 4.59. The number of hydrogen-bond donors (Lipinski definition) is 0. The molecule has 4 fully saturated rings. The van der Waals surface area contributed by atoms with Crippen LogP contribution < -0.4 is 4.90 Å². The minimum atomic E-state index is 0.239. The maximum absolute atomic E-state index is 13.0. The summed E-state index contributed by atoms with van der Waals surface area (Å²) in [5, 5.41) is 11.3. The summed E-state index contributed by atoms with van der Waals surface area (Å²) in [6.07, 6.45) is 10.3. The predicted molar refractivity (Wildman–Crippen MR) is 137 cm³/mol. The largest absolute Gasteiger partial charge is 0.352 e. The number of aryl methyl sites for hydroxylation is 1. The Hall–Kier alpha value is -3.53. The molecule has 3 aliphatic carbocycles. The summed E-state index contributed by atoms with van der Waals surface area (Å²) in [6.45, 7) is 4.23. The number of nitrogens with zero attached hydrogens (tertiary/aromatic N) is 6. The Labute approximate surface area is 211 Å². The van der Waals surface area contributed by atoms with Crippen LogP contribution in [-0.4, -0.2) is 51.4 Å². The van der Waals surface area contributed by atoms with Crippen LogP contribution in [0.1, 0.15) is 61.4 Å². The summed E-state index contributed by atoms with van der Waals surface area (Å²) in [5.74, 6) is 2.41. The summed E-state index contributed by atoms with van der Waals surface area (Å²) >= 11 is 0. The topological polar surface area (TPSA) is 86.0 Å². The van der Waals surface area contributed by atoms with E-state index in [1.54, 1.807) is 12.4 Å². The number of anilines is 1. The number of nitriles is 1. The van der Waals surface area contributed by atoms with Crippen LogP contribution in [0.3, 0.4) is 0 Å². The molecule has 1 amide bonds. The lowest BCUT2D eigenvalue weighted by Crippen LogP contribution is -2.57. The molecule has 3 aromatic heterocycles. The molecular weight excluding hydrogens is 448 g/mol. The molecule has 3 saturated carbocycles. The highest BCUT2D eigenvalue weighted by molar-refractivity contribution is 5.95. The Morgan fingerprint density at radius 2 is 1.89 bits per heavy atom. The SMILES string of the molecule is Cc1cc(-c2cc(C#N)c(N3CCN(C(=O)C4CC4)C(C4CC4)C3)nc2C2CC2)c2ccncc2n1. The zero-order valence-corrected chi connectivity index (χ0v) is 20.7.